The Bertz CT molecular complexity index is 701. The number of thiocarbonyl (C=S) groups is 1. The molecule has 0 radical (unpaired) electrons. The molecule has 6 heteroatoms. The highest BCUT2D eigenvalue weighted by atomic mass is 32.1. The first kappa shape index (κ1) is 19.7. The minimum Gasteiger partial charge on any atom is -0.480 e. The SMILES string of the molecule is COCCNC(=S)C1(C)CCc2c(C)c(OC(C)=O)c(C)c(C)c2O1. The third-order valence-corrected chi connectivity index (χ3v) is 5.38. The Hall–Kier alpha value is -1.66. The quantitative estimate of drug-likeness (QED) is 0.374. The van der Waals surface area contributed by atoms with Crippen molar-refractivity contribution in [1.29, 1.82) is 0 Å². The second-order valence-electron chi connectivity index (χ2n) is 6.69. The lowest BCUT2D eigenvalue weighted by Gasteiger charge is -2.38. The largest absolute Gasteiger partial charge is 0.480 e. The smallest absolute Gasteiger partial charge is 0.308 e. The van der Waals surface area contributed by atoms with Crippen molar-refractivity contribution in [2.24, 2.45) is 0 Å². The van der Waals surface area contributed by atoms with Crippen molar-refractivity contribution in [3.63, 3.8) is 0 Å². The molecule has 1 heterocycles. The standard InChI is InChI=1S/C19H27NO4S/c1-11-12(2)17-15(13(3)16(11)23-14(4)21)7-8-19(5,24-17)18(25)20-9-10-22-6/h7-10H2,1-6H3,(H,20,25). The van der Waals surface area contributed by atoms with Crippen molar-refractivity contribution >= 4 is 23.2 Å². The maximum Gasteiger partial charge on any atom is 0.308 e. The van der Waals surface area contributed by atoms with Crippen molar-refractivity contribution in [2.45, 2.75) is 53.1 Å². The molecule has 1 atom stereocenters. The molecule has 25 heavy (non-hydrogen) atoms. The van der Waals surface area contributed by atoms with E-state index in [-0.39, 0.29) is 5.97 Å². The summed E-state index contributed by atoms with van der Waals surface area (Å²) < 4.78 is 16.9. The monoisotopic (exact) mass is 365 g/mol. The van der Waals surface area contributed by atoms with Crippen LogP contribution in [0.2, 0.25) is 0 Å². The van der Waals surface area contributed by atoms with Crippen LogP contribution in [0.5, 0.6) is 11.5 Å². The molecular formula is C19H27NO4S. The molecule has 1 aliphatic rings. The first-order chi connectivity index (χ1) is 11.7. The number of esters is 1. The van der Waals surface area contributed by atoms with E-state index >= 15 is 0 Å². The number of carbonyl (C=O) groups is 1. The average Bonchev–Trinajstić information content (AvgIpc) is 2.56. The van der Waals surface area contributed by atoms with E-state index in [0.717, 1.165) is 40.8 Å². The number of methoxy groups -OCH3 is 1. The fourth-order valence-corrected chi connectivity index (χ4v) is 3.39. The number of hydrogen-bond acceptors (Lipinski definition) is 5. The number of carbonyl (C=O) groups excluding carboxylic acids is 1. The predicted molar refractivity (Wildman–Crippen MR) is 102 cm³/mol. The minimum atomic E-state index is -0.553. The summed E-state index contributed by atoms with van der Waals surface area (Å²) >= 11 is 5.56. The van der Waals surface area contributed by atoms with Crippen LogP contribution in [-0.4, -0.2) is 36.8 Å². The zero-order chi connectivity index (χ0) is 18.8. The summed E-state index contributed by atoms with van der Waals surface area (Å²) in [5, 5.41) is 3.22. The molecule has 0 saturated heterocycles. The van der Waals surface area contributed by atoms with Gasteiger partial charge in [0, 0.05) is 26.1 Å². The summed E-state index contributed by atoms with van der Waals surface area (Å²) in [5.41, 5.74) is 3.42. The van der Waals surface area contributed by atoms with E-state index in [4.69, 9.17) is 26.4 Å². The van der Waals surface area contributed by atoms with Gasteiger partial charge < -0.3 is 19.5 Å². The molecule has 1 aromatic rings. The lowest BCUT2D eigenvalue weighted by Crippen LogP contribution is -2.50. The van der Waals surface area contributed by atoms with Crippen LogP contribution in [0.3, 0.4) is 0 Å². The number of hydrogen-bond donors (Lipinski definition) is 1. The van der Waals surface area contributed by atoms with Crippen molar-refractivity contribution in [1.82, 2.24) is 5.32 Å². The van der Waals surface area contributed by atoms with Crippen molar-refractivity contribution in [3.8, 4) is 11.5 Å². The molecule has 5 nitrogen and oxygen atoms in total. The van der Waals surface area contributed by atoms with Crippen LogP contribution < -0.4 is 14.8 Å². The fraction of sp³-hybridized carbons (Fsp3) is 0.579. The molecule has 2 rings (SSSR count). The van der Waals surface area contributed by atoms with E-state index in [1.54, 1.807) is 7.11 Å². The van der Waals surface area contributed by atoms with Crippen LogP contribution in [0.25, 0.3) is 0 Å². The van der Waals surface area contributed by atoms with Gasteiger partial charge in [-0.25, -0.2) is 0 Å². The topological polar surface area (TPSA) is 56.8 Å². The number of fused-ring (bicyclic) bond motifs is 1. The van der Waals surface area contributed by atoms with Crippen LogP contribution in [-0.2, 0) is 16.0 Å². The summed E-state index contributed by atoms with van der Waals surface area (Å²) in [5.74, 6) is 1.20. The van der Waals surface area contributed by atoms with Gasteiger partial charge in [0.05, 0.1) is 6.61 Å². The first-order valence-corrected chi connectivity index (χ1v) is 8.89. The van der Waals surface area contributed by atoms with E-state index in [0.29, 0.717) is 23.9 Å². The average molecular weight is 365 g/mol. The summed E-state index contributed by atoms with van der Waals surface area (Å²) in [6.45, 7) is 10.6. The third-order valence-electron chi connectivity index (χ3n) is 4.81. The molecule has 0 spiro atoms. The second kappa shape index (κ2) is 7.70. The maximum absolute atomic E-state index is 11.4. The highest BCUT2D eigenvalue weighted by Crippen LogP contribution is 2.44. The summed E-state index contributed by atoms with van der Waals surface area (Å²) in [4.78, 5) is 12.1. The van der Waals surface area contributed by atoms with Gasteiger partial charge in [-0.1, -0.05) is 12.2 Å². The van der Waals surface area contributed by atoms with Gasteiger partial charge in [0.25, 0.3) is 0 Å². The highest BCUT2D eigenvalue weighted by Gasteiger charge is 2.38. The van der Waals surface area contributed by atoms with E-state index < -0.39 is 5.60 Å². The Morgan fingerprint density at radius 2 is 1.96 bits per heavy atom. The highest BCUT2D eigenvalue weighted by molar-refractivity contribution is 7.80. The molecule has 1 N–H and O–H groups in total. The van der Waals surface area contributed by atoms with Crippen LogP contribution in [0.4, 0.5) is 0 Å². The van der Waals surface area contributed by atoms with Crippen LogP contribution in [0.1, 0.15) is 42.5 Å². The van der Waals surface area contributed by atoms with Crippen molar-refractivity contribution < 1.29 is 19.0 Å². The molecule has 0 bridgehead atoms. The Balaban J connectivity index is 2.35. The fourth-order valence-electron chi connectivity index (χ4n) is 3.14. The molecule has 1 aromatic carbocycles. The molecule has 0 aromatic heterocycles. The van der Waals surface area contributed by atoms with Gasteiger partial charge in [-0.3, -0.25) is 4.79 Å². The van der Waals surface area contributed by atoms with E-state index in [1.807, 2.05) is 27.7 Å². The van der Waals surface area contributed by atoms with Gasteiger partial charge in [0.15, 0.2) is 5.60 Å². The molecular weight excluding hydrogens is 338 g/mol. The second-order valence-corrected chi connectivity index (χ2v) is 7.10. The minimum absolute atomic E-state index is 0.310. The van der Waals surface area contributed by atoms with Crippen LogP contribution in [0.15, 0.2) is 0 Å². The Labute approximate surface area is 155 Å². The summed E-state index contributed by atoms with van der Waals surface area (Å²) in [6, 6.07) is 0. The Kier molecular flexibility index (Phi) is 6.06. The van der Waals surface area contributed by atoms with Crippen molar-refractivity contribution in [2.75, 3.05) is 20.3 Å². The zero-order valence-electron chi connectivity index (χ0n) is 15.9. The van der Waals surface area contributed by atoms with Gasteiger partial charge >= 0.3 is 5.97 Å². The Morgan fingerprint density at radius 3 is 2.56 bits per heavy atom. The predicted octanol–water partition coefficient (Wildman–Crippen LogP) is 3.18. The normalized spacial score (nSPS) is 19.0. The summed E-state index contributed by atoms with van der Waals surface area (Å²) in [6.07, 6.45) is 1.58. The van der Waals surface area contributed by atoms with Gasteiger partial charge in [-0.05, 0) is 57.2 Å². The number of ether oxygens (including phenoxy) is 3. The van der Waals surface area contributed by atoms with E-state index in [2.05, 4.69) is 5.32 Å². The molecule has 0 saturated carbocycles. The molecule has 1 unspecified atom stereocenters. The van der Waals surface area contributed by atoms with Crippen LogP contribution >= 0.6 is 12.2 Å². The zero-order valence-corrected chi connectivity index (χ0v) is 16.7. The summed E-state index contributed by atoms with van der Waals surface area (Å²) in [7, 11) is 1.66. The molecule has 138 valence electrons. The Morgan fingerprint density at radius 1 is 1.28 bits per heavy atom. The molecule has 1 aliphatic heterocycles. The van der Waals surface area contributed by atoms with E-state index in [9.17, 15) is 4.79 Å². The van der Waals surface area contributed by atoms with Gasteiger partial charge in [-0.2, -0.15) is 0 Å². The van der Waals surface area contributed by atoms with E-state index in [1.165, 1.54) is 6.92 Å². The first-order valence-electron chi connectivity index (χ1n) is 8.48. The number of nitrogens with one attached hydrogen (secondary N) is 1. The van der Waals surface area contributed by atoms with Crippen LogP contribution in [0, 0.1) is 20.8 Å². The molecule has 0 aliphatic carbocycles. The van der Waals surface area contributed by atoms with Gasteiger partial charge in [-0.15, -0.1) is 0 Å². The maximum atomic E-state index is 11.4. The third kappa shape index (κ3) is 3.96. The number of benzene rings is 1. The number of rotatable bonds is 5. The molecule has 0 amide bonds. The van der Waals surface area contributed by atoms with Crippen molar-refractivity contribution in [3.05, 3.63) is 22.3 Å². The van der Waals surface area contributed by atoms with Gasteiger partial charge in [0.1, 0.15) is 16.5 Å². The molecule has 0 fully saturated rings. The lowest BCUT2D eigenvalue weighted by molar-refractivity contribution is -0.132. The lowest BCUT2D eigenvalue weighted by atomic mass is 9.87. The van der Waals surface area contributed by atoms with Gasteiger partial charge in [0.2, 0.25) is 0 Å².